The highest BCUT2D eigenvalue weighted by Gasteiger charge is 2.47. The molecule has 2 N–H and O–H groups in total. The lowest BCUT2D eigenvalue weighted by Crippen LogP contribution is -2.33. The van der Waals surface area contributed by atoms with Gasteiger partial charge in [0.2, 0.25) is 0 Å². The Hall–Kier alpha value is -2.25. The average molecular weight is 395 g/mol. The number of hydrogen-bond donors (Lipinski definition) is 1. The summed E-state index contributed by atoms with van der Waals surface area (Å²) in [6.45, 7) is 2.63. The van der Waals surface area contributed by atoms with Gasteiger partial charge >= 0.3 is 0 Å². The number of rotatable bonds is 3. The minimum Gasteiger partial charge on any atom is -0.336 e. The summed E-state index contributed by atoms with van der Waals surface area (Å²) in [6, 6.07) is 11.7. The number of fused-ring (bicyclic) bond motifs is 1. The standard InChI is InChI=1S/C22H30N6O/c1-26-11-16-12-27(13-19(16)21(26)15-5-3-2-4-6-15)22(29)20-14-28(25-24-20)18-9-7-17(23)8-10-18/h2-6,14,16-19,21H,7-13,23H2,1H3/t16-,17?,18?,19+,21-/m0/s1. The van der Waals surface area contributed by atoms with E-state index in [2.05, 4.69) is 52.6 Å². The zero-order valence-electron chi connectivity index (χ0n) is 17.0. The summed E-state index contributed by atoms with van der Waals surface area (Å²) in [5, 5.41) is 8.50. The molecule has 2 aromatic rings. The summed E-state index contributed by atoms with van der Waals surface area (Å²) in [5.74, 6) is 1.01. The lowest BCUT2D eigenvalue weighted by Gasteiger charge is -2.26. The number of likely N-dealkylation sites (tertiary alicyclic amines) is 2. The summed E-state index contributed by atoms with van der Waals surface area (Å²) < 4.78 is 1.89. The SMILES string of the molecule is CN1C[C@H]2CN(C(=O)c3cn(C4CCC(N)CC4)nn3)C[C@H]2[C@@H]1c1ccccc1. The van der Waals surface area contributed by atoms with Gasteiger partial charge in [0.05, 0.1) is 12.2 Å². The van der Waals surface area contributed by atoms with Crippen molar-refractivity contribution < 1.29 is 4.79 Å². The number of nitrogens with zero attached hydrogens (tertiary/aromatic N) is 5. The largest absolute Gasteiger partial charge is 0.336 e. The van der Waals surface area contributed by atoms with Crippen LogP contribution in [0, 0.1) is 11.8 Å². The second kappa shape index (κ2) is 7.54. The van der Waals surface area contributed by atoms with Gasteiger partial charge in [-0.25, -0.2) is 4.68 Å². The molecule has 0 radical (unpaired) electrons. The molecule has 3 fully saturated rings. The molecule has 3 heterocycles. The molecule has 1 aromatic heterocycles. The van der Waals surface area contributed by atoms with Crippen LogP contribution >= 0.6 is 0 Å². The van der Waals surface area contributed by atoms with Gasteiger partial charge in [-0.1, -0.05) is 35.5 Å². The Balaban J connectivity index is 1.28. The summed E-state index contributed by atoms with van der Waals surface area (Å²) >= 11 is 0. The lowest BCUT2D eigenvalue weighted by molar-refractivity contribution is 0.0762. The average Bonchev–Trinajstić information content (AvgIpc) is 3.43. The molecule has 7 nitrogen and oxygen atoms in total. The van der Waals surface area contributed by atoms with Gasteiger partial charge in [0.25, 0.3) is 5.91 Å². The Morgan fingerprint density at radius 1 is 1.07 bits per heavy atom. The highest BCUT2D eigenvalue weighted by atomic mass is 16.2. The van der Waals surface area contributed by atoms with Crippen molar-refractivity contribution in [3.63, 3.8) is 0 Å². The van der Waals surface area contributed by atoms with Gasteiger partial charge in [0, 0.05) is 37.6 Å². The van der Waals surface area contributed by atoms with Crippen LogP contribution in [0.15, 0.2) is 36.5 Å². The Morgan fingerprint density at radius 2 is 1.83 bits per heavy atom. The molecule has 3 atom stereocenters. The molecule has 1 aromatic carbocycles. The van der Waals surface area contributed by atoms with Crippen LogP contribution in [0.25, 0.3) is 0 Å². The molecule has 154 valence electrons. The first-order valence-corrected chi connectivity index (χ1v) is 10.8. The third-order valence-electron chi connectivity index (χ3n) is 7.17. The van der Waals surface area contributed by atoms with Crippen LogP contribution in [-0.4, -0.2) is 63.4 Å². The van der Waals surface area contributed by atoms with Gasteiger partial charge in [-0.05, 0) is 44.2 Å². The second-order valence-corrected chi connectivity index (χ2v) is 9.08. The van der Waals surface area contributed by atoms with Crippen molar-refractivity contribution in [3.05, 3.63) is 47.8 Å². The molecule has 2 saturated heterocycles. The molecule has 0 unspecified atom stereocenters. The molecular formula is C22H30N6O. The molecular weight excluding hydrogens is 364 g/mol. The summed E-state index contributed by atoms with van der Waals surface area (Å²) in [7, 11) is 2.20. The van der Waals surface area contributed by atoms with E-state index >= 15 is 0 Å². The molecule has 1 aliphatic carbocycles. The lowest BCUT2D eigenvalue weighted by atomic mass is 9.90. The minimum atomic E-state index is 0.0209. The number of carbonyl (C=O) groups excluding carboxylic acids is 1. The number of nitrogens with two attached hydrogens (primary N) is 1. The van der Waals surface area contributed by atoms with Crippen LogP contribution in [0.4, 0.5) is 0 Å². The van der Waals surface area contributed by atoms with Crippen molar-refractivity contribution in [1.82, 2.24) is 24.8 Å². The van der Waals surface area contributed by atoms with E-state index in [9.17, 15) is 4.79 Å². The van der Waals surface area contributed by atoms with Crippen molar-refractivity contribution in [2.45, 2.75) is 43.8 Å². The maximum atomic E-state index is 13.1. The van der Waals surface area contributed by atoms with Crippen LogP contribution in [0.5, 0.6) is 0 Å². The van der Waals surface area contributed by atoms with Crippen molar-refractivity contribution >= 4 is 5.91 Å². The molecule has 3 aliphatic rings. The van der Waals surface area contributed by atoms with Gasteiger partial charge in [-0.2, -0.15) is 0 Å². The predicted octanol–water partition coefficient (Wildman–Crippen LogP) is 2.10. The van der Waals surface area contributed by atoms with Gasteiger partial charge in [-0.15, -0.1) is 5.10 Å². The van der Waals surface area contributed by atoms with Crippen LogP contribution in [0.2, 0.25) is 0 Å². The maximum Gasteiger partial charge on any atom is 0.276 e. The highest BCUT2D eigenvalue weighted by molar-refractivity contribution is 5.92. The fourth-order valence-electron chi connectivity index (χ4n) is 5.66. The van der Waals surface area contributed by atoms with E-state index in [1.807, 2.05) is 15.8 Å². The van der Waals surface area contributed by atoms with Gasteiger partial charge in [0.1, 0.15) is 0 Å². The van der Waals surface area contributed by atoms with E-state index in [0.29, 0.717) is 35.7 Å². The fraction of sp³-hybridized carbons (Fsp3) is 0.591. The first-order chi connectivity index (χ1) is 14.1. The second-order valence-electron chi connectivity index (χ2n) is 9.08. The molecule has 2 aliphatic heterocycles. The molecule has 0 bridgehead atoms. The molecule has 1 amide bonds. The first kappa shape index (κ1) is 18.8. The van der Waals surface area contributed by atoms with E-state index in [4.69, 9.17) is 5.73 Å². The van der Waals surface area contributed by atoms with Crippen molar-refractivity contribution in [1.29, 1.82) is 0 Å². The van der Waals surface area contributed by atoms with Gasteiger partial charge in [-0.3, -0.25) is 9.69 Å². The third kappa shape index (κ3) is 3.46. The van der Waals surface area contributed by atoms with Gasteiger partial charge < -0.3 is 10.6 Å². The first-order valence-electron chi connectivity index (χ1n) is 10.8. The normalized spacial score (nSPS) is 32.5. The monoisotopic (exact) mass is 394 g/mol. The van der Waals surface area contributed by atoms with E-state index in [1.165, 1.54) is 5.56 Å². The highest BCUT2D eigenvalue weighted by Crippen LogP contribution is 2.44. The van der Waals surface area contributed by atoms with Gasteiger partial charge in [0.15, 0.2) is 5.69 Å². The molecule has 29 heavy (non-hydrogen) atoms. The van der Waals surface area contributed by atoms with Crippen LogP contribution < -0.4 is 5.73 Å². The Labute approximate surface area is 171 Å². The van der Waals surface area contributed by atoms with E-state index in [-0.39, 0.29) is 5.91 Å². The predicted molar refractivity (Wildman–Crippen MR) is 110 cm³/mol. The number of aromatic nitrogens is 3. The van der Waals surface area contributed by atoms with Crippen molar-refractivity contribution in [2.75, 3.05) is 26.7 Å². The van der Waals surface area contributed by atoms with E-state index in [0.717, 1.165) is 45.3 Å². The topological polar surface area (TPSA) is 80.3 Å². The van der Waals surface area contributed by atoms with E-state index < -0.39 is 0 Å². The Kier molecular flexibility index (Phi) is 4.87. The van der Waals surface area contributed by atoms with Crippen LogP contribution in [0.3, 0.4) is 0 Å². The van der Waals surface area contributed by atoms with Crippen molar-refractivity contribution in [2.24, 2.45) is 17.6 Å². The Bertz CT molecular complexity index is 859. The van der Waals surface area contributed by atoms with Crippen LogP contribution in [0.1, 0.15) is 53.8 Å². The zero-order chi connectivity index (χ0) is 20.0. The molecule has 5 rings (SSSR count). The molecule has 7 heteroatoms. The van der Waals surface area contributed by atoms with E-state index in [1.54, 1.807) is 0 Å². The minimum absolute atomic E-state index is 0.0209. The number of amides is 1. The summed E-state index contributed by atoms with van der Waals surface area (Å²) in [6.07, 6.45) is 5.89. The summed E-state index contributed by atoms with van der Waals surface area (Å²) in [5.41, 5.74) is 7.83. The quantitative estimate of drug-likeness (QED) is 0.862. The third-order valence-corrected chi connectivity index (χ3v) is 7.17. The maximum absolute atomic E-state index is 13.1. The van der Waals surface area contributed by atoms with Crippen molar-refractivity contribution in [3.8, 4) is 0 Å². The number of carbonyl (C=O) groups is 1. The smallest absolute Gasteiger partial charge is 0.276 e. The Morgan fingerprint density at radius 3 is 2.59 bits per heavy atom. The number of benzene rings is 1. The summed E-state index contributed by atoms with van der Waals surface area (Å²) in [4.78, 5) is 17.6. The van der Waals surface area contributed by atoms with Crippen LogP contribution in [-0.2, 0) is 0 Å². The number of hydrogen-bond acceptors (Lipinski definition) is 5. The zero-order valence-corrected chi connectivity index (χ0v) is 17.0. The molecule has 1 saturated carbocycles. The molecule has 0 spiro atoms. The fourth-order valence-corrected chi connectivity index (χ4v) is 5.66.